The van der Waals surface area contributed by atoms with Crippen LogP contribution in [0.3, 0.4) is 0 Å². The first-order valence-corrected chi connectivity index (χ1v) is 8.35. The van der Waals surface area contributed by atoms with Gasteiger partial charge in [0, 0.05) is 18.8 Å². The lowest BCUT2D eigenvalue weighted by molar-refractivity contribution is -0.113. The van der Waals surface area contributed by atoms with E-state index in [9.17, 15) is 4.79 Å². The van der Waals surface area contributed by atoms with Crippen molar-refractivity contribution in [2.45, 2.75) is 18.9 Å². The zero-order valence-electron chi connectivity index (χ0n) is 13.3. The number of carbonyl (C=O) groups excluding carboxylic acids is 1. The van der Waals surface area contributed by atoms with Gasteiger partial charge in [0.15, 0.2) is 0 Å². The highest BCUT2D eigenvalue weighted by Gasteiger charge is 2.13. The highest BCUT2D eigenvalue weighted by atomic mass is 32.2. The summed E-state index contributed by atoms with van der Waals surface area (Å²) in [5, 5.41) is 7.48. The largest absolute Gasteiger partial charge is 0.339 e. The Bertz CT molecular complexity index is 863. The van der Waals surface area contributed by atoms with Crippen LogP contribution < -0.4 is 5.32 Å². The highest BCUT2D eigenvalue weighted by Crippen LogP contribution is 2.27. The molecule has 7 heteroatoms. The van der Waals surface area contributed by atoms with Gasteiger partial charge in [-0.25, -0.2) is 4.98 Å². The van der Waals surface area contributed by atoms with Crippen LogP contribution in [-0.2, 0) is 4.79 Å². The highest BCUT2D eigenvalue weighted by molar-refractivity contribution is 8.00. The SMILES string of the molecule is Cc1cccc(NC(=O)CSc2ncccc2-c2noc(C)n2)c1. The summed E-state index contributed by atoms with van der Waals surface area (Å²) in [7, 11) is 0. The van der Waals surface area contributed by atoms with Gasteiger partial charge in [-0.15, -0.1) is 0 Å². The van der Waals surface area contributed by atoms with Crippen molar-refractivity contribution >= 4 is 23.4 Å². The van der Waals surface area contributed by atoms with Gasteiger partial charge >= 0.3 is 0 Å². The molecule has 1 amide bonds. The van der Waals surface area contributed by atoms with Gasteiger partial charge in [-0.05, 0) is 36.8 Å². The maximum absolute atomic E-state index is 12.1. The molecule has 0 aliphatic heterocycles. The molecule has 0 aliphatic rings. The Kier molecular flexibility index (Phi) is 4.90. The molecular weight excluding hydrogens is 324 g/mol. The third-order valence-electron chi connectivity index (χ3n) is 3.18. The lowest BCUT2D eigenvalue weighted by atomic mass is 10.2. The number of benzene rings is 1. The molecule has 0 unspecified atom stereocenters. The monoisotopic (exact) mass is 340 g/mol. The fourth-order valence-electron chi connectivity index (χ4n) is 2.14. The van der Waals surface area contributed by atoms with Crippen LogP contribution in [0.15, 0.2) is 52.1 Å². The molecule has 0 bridgehead atoms. The van der Waals surface area contributed by atoms with Crippen LogP contribution in [0.4, 0.5) is 5.69 Å². The van der Waals surface area contributed by atoms with Crippen molar-refractivity contribution in [3.05, 3.63) is 54.0 Å². The third kappa shape index (κ3) is 3.99. The summed E-state index contributed by atoms with van der Waals surface area (Å²) in [6.45, 7) is 3.71. The zero-order chi connectivity index (χ0) is 16.9. The predicted molar refractivity (Wildman–Crippen MR) is 92.8 cm³/mol. The van der Waals surface area contributed by atoms with Gasteiger partial charge in [0.2, 0.25) is 17.6 Å². The molecule has 0 atom stereocenters. The fraction of sp³-hybridized carbons (Fsp3) is 0.176. The topological polar surface area (TPSA) is 80.9 Å². The Morgan fingerprint density at radius 2 is 2.12 bits per heavy atom. The number of hydrogen-bond donors (Lipinski definition) is 1. The molecule has 0 fully saturated rings. The molecule has 3 rings (SSSR count). The van der Waals surface area contributed by atoms with Gasteiger partial charge < -0.3 is 9.84 Å². The number of amides is 1. The second-order valence-electron chi connectivity index (χ2n) is 5.20. The van der Waals surface area contributed by atoms with Gasteiger partial charge in [0.05, 0.1) is 11.3 Å². The Morgan fingerprint density at radius 1 is 1.25 bits per heavy atom. The molecule has 3 aromatic rings. The molecule has 0 saturated heterocycles. The van der Waals surface area contributed by atoms with Gasteiger partial charge in [0.25, 0.3) is 0 Å². The van der Waals surface area contributed by atoms with Crippen LogP contribution in [0, 0.1) is 13.8 Å². The Balaban J connectivity index is 1.67. The number of anilines is 1. The number of nitrogens with zero attached hydrogens (tertiary/aromatic N) is 3. The molecule has 24 heavy (non-hydrogen) atoms. The summed E-state index contributed by atoms with van der Waals surface area (Å²) in [6.07, 6.45) is 1.68. The van der Waals surface area contributed by atoms with Crippen molar-refractivity contribution in [2.75, 3.05) is 11.1 Å². The second kappa shape index (κ2) is 7.27. The quantitative estimate of drug-likeness (QED) is 0.716. The minimum absolute atomic E-state index is 0.0912. The molecule has 0 radical (unpaired) electrons. The third-order valence-corrected chi connectivity index (χ3v) is 4.19. The maximum atomic E-state index is 12.1. The van der Waals surface area contributed by atoms with Crippen LogP contribution in [0.5, 0.6) is 0 Å². The predicted octanol–water partition coefficient (Wildman–Crippen LogP) is 3.48. The number of carbonyl (C=O) groups is 1. The standard InChI is InChI=1S/C17H16N4O2S/c1-11-5-3-6-13(9-11)20-15(22)10-24-17-14(7-4-8-18-17)16-19-12(2)23-21-16/h3-9H,10H2,1-2H3,(H,20,22). The summed E-state index contributed by atoms with van der Waals surface area (Å²) in [4.78, 5) is 20.7. The van der Waals surface area contributed by atoms with Crippen LogP contribution in [-0.4, -0.2) is 26.8 Å². The number of pyridine rings is 1. The summed E-state index contributed by atoms with van der Waals surface area (Å²) >= 11 is 1.34. The van der Waals surface area contributed by atoms with Crippen molar-refractivity contribution < 1.29 is 9.32 Å². The number of rotatable bonds is 5. The van der Waals surface area contributed by atoms with E-state index in [2.05, 4.69) is 20.4 Å². The molecule has 0 saturated carbocycles. The van der Waals surface area contributed by atoms with Crippen LogP contribution in [0.25, 0.3) is 11.4 Å². The van der Waals surface area contributed by atoms with Crippen molar-refractivity contribution in [3.63, 3.8) is 0 Å². The smallest absolute Gasteiger partial charge is 0.234 e. The second-order valence-corrected chi connectivity index (χ2v) is 6.16. The molecule has 0 aliphatic carbocycles. The van der Waals surface area contributed by atoms with Crippen molar-refractivity contribution in [2.24, 2.45) is 0 Å². The van der Waals surface area contributed by atoms with Crippen molar-refractivity contribution in [1.29, 1.82) is 0 Å². The molecular formula is C17H16N4O2S. The van der Waals surface area contributed by atoms with Gasteiger partial charge in [0.1, 0.15) is 5.03 Å². The van der Waals surface area contributed by atoms with E-state index in [4.69, 9.17) is 4.52 Å². The normalized spacial score (nSPS) is 10.6. The van der Waals surface area contributed by atoms with Gasteiger partial charge in [-0.1, -0.05) is 29.1 Å². The van der Waals surface area contributed by atoms with E-state index in [1.807, 2.05) is 37.3 Å². The molecule has 0 spiro atoms. The summed E-state index contributed by atoms with van der Waals surface area (Å²) in [5.74, 6) is 1.12. The lowest BCUT2D eigenvalue weighted by Crippen LogP contribution is -2.14. The van der Waals surface area contributed by atoms with Crippen molar-refractivity contribution in [1.82, 2.24) is 15.1 Å². The minimum Gasteiger partial charge on any atom is -0.339 e. The molecule has 122 valence electrons. The van der Waals surface area contributed by atoms with Crippen molar-refractivity contribution in [3.8, 4) is 11.4 Å². The average molecular weight is 340 g/mol. The summed E-state index contributed by atoms with van der Waals surface area (Å²) in [6, 6.07) is 11.3. The first kappa shape index (κ1) is 16.2. The van der Waals surface area contributed by atoms with E-state index in [1.54, 1.807) is 19.2 Å². The van der Waals surface area contributed by atoms with Crippen LogP contribution >= 0.6 is 11.8 Å². The molecule has 1 aromatic carbocycles. The van der Waals surface area contributed by atoms with Crippen LogP contribution in [0.1, 0.15) is 11.5 Å². The van der Waals surface area contributed by atoms with E-state index < -0.39 is 0 Å². The first-order chi connectivity index (χ1) is 11.6. The lowest BCUT2D eigenvalue weighted by Gasteiger charge is -2.07. The number of aryl methyl sites for hydroxylation is 2. The van der Waals surface area contributed by atoms with E-state index >= 15 is 0 Å². The molecule has 6 nitrogen and oxygen atoms in total. The average Bonchev–Trinajstić information content (AvgIpc) is 2.99. The van der Waals surface area contributed by atoms with E-state index in [0.29, 0.717) is 16.7 Å². The van der Waals surface area contributed by atoms with E-state index in [0.717, 1.165) is 16.8 Å². The number of hydrogen-bond acceptors (Lipinski definition) is 6. The minimum atomic E-state index is -0.0912. The maximum Gasteiger partial charge on any atom is 0.234 e. The summed E-state index contributed by atoms with van der Waals surface area (Å²) < 4.78 is 5.01. The van der Waals surface area contributed by atoms with Gasteiger partial charge in [-0.3, -0.25) is 4.79 Å². The molecule has 1 N–H and O–H groups in total. The number of aromatic nitrogens is 3. The van der Waals surface area contributed by atoms with E-state index in [-0.39, 0.29) is 11.7 Å². The summed E-state index contributed by atoms with van der Waals surface area (Å²) in [5.41, 5.74) is 2.64. The van der Waals surface area contributed by atoms with E-state index in [1.165, 1.54) is 11.8 Å². The molecule has 2 heterocycles. The fourth-order valence-corrected chi connectivity index (χ4v) is 2.93. The zero-order valence-corrected chi connectivity index (χ0v) is 14.1. The first-order valence-electron chi connectivity index (χ1n) is 7.37. The Hall–Kier alpha value is -2.67. The molecule has 2 aromatic heterocycles. The Labute approximate surface area is 143 Å². The Morgan fingerprint density at radius 3 is 2.88 bits per heavy atom. The number of nitrogens with one attached hydrogen (secondary N) is 1. The van der Waals surface area contributed by atoms with Gasteiger partial charge in [-0.2, -0.15) is 4.98 Å². The van der Waals surface area contributed by atoms with Crippen LogP contribution in [0.2, 0.25) is 0 Å². The number of thioether (sulfide) groups is 1.